The van der Waals surface area contributed by atoms with Crippen molar-refractivity contribution in [1.82, 2.24) is 0 Å². The van der Waals surface area contributed by atoms with Crippen molar-refractivity contribution >= 4 is 0 Å². The van der Waals surface area contributed by atoms with E-state index in [-0.39, 0.29) is 0 Å². The minimum atomic E-state index is -5.06. The van der Waals surface area contributed by atoms with E-state index in [9.17, 15) is 22.0 Å². The Bertz CT molecular complexity index is 130. The highest BCUT2D eigenvalue weighted by Crippen LogP contribution is 2.25. The molecule has 0 fully saturated rings. The first-order chi connectivity index (χ1) is 3.85. The molecule has 6 heteroatoms. The molecule has 0 heterocycles. The molecular weight excluding hydrogens is 147 g/mol. The second-order valence-electron chi connectivity index (χ2n) is 1.12. The molecule has 1 N–H and O–H groups in total. The maximum absolute atomic E-state index is 11.2. The first kappa shape index (κ1) is 8.35. The number of aliphatic hydroxyl groups is 1. The van der Waals surface area contributed by atoms with Crippen molar-refractivity contribution in [1.29, 1.82) is 0 Å². The van der Waals surface area contributed by atoms with Crippen molar-refractivity contribution in [3.8, 4) is 0 Å². The van der Waals surface area contributed by atoms with E-state index in [0.29, 0.717) is 0 Å². The zero-order chi connectivity index (χ0) is 7.65. The predicted molar refractivity (Wildman–Crippen MR) is 17.5 cm³/mol. The van der Waals surface area contributed by atoms with Gasteiger partial charge >= 0.3 is 12.2 Å². The third-order valence-corrected chi connectivity index (χ3v) is 0.430. The van der Waals surface area contributed by atoms with Gasteiger partial charge in [-0.05, 0) is 0 Å². The Hall–Kier alpha value is -0.650. The quantitative estimate of drug-likeness (QED) is 0.560. The molecule has 0 saturated heterocycles. The molecule has 54 valence electrons. The van der Waals surface area contributed by atoms with E-state index in [1.807, 2.05) is 0 Å². The van der Waals surface area contributed by atoms with Gasteiger partial charge in [-0.15, -0.1) is 0 Å². The van der Waals surface area contributed by atoms with Crippen LogP contribution >= 0.6 is 0 Å². The molecule has 9 heavy (non-hydrogen) atoms. The third-order valence-electron chi connectivity index (χ3n) is 0.430. The minimum Gasteiger partial charge on any atom is -0.330 e. The summed E-state index contributed by atoms with van der Waals surface area (Å²) < 4.78 is 54.8. The molecule has 1 nitrogen and oxygen atoms in total. The molecule has 0 bridgehead atoms. The Morgan fingerprint density at radius 2 is 1.44 bits per heavy atom. The molecule has 0 aliphatic carbocycles. The van der Waals surface area contributed by atoms with Crippen molar-refractivity contribution in [3.63, 3.8) is 0 Å². The summed E-state index contributed by atoms with van der Waals surface area (Å²) in [5.41, 5.74) is 0. The summed E-state index contributed by atoms with van der Waals surface area (Å²) in [6.45, 7) is 0. The second-order valence-corrected chi connectivity index (χ2v) is 1.12. The Morgan fingerprint density at radius 1 is 1.11 bits per heavy atom. The SMILES string of the molecule is OC(F)(F)C(F)=C(F)F. The Morgan fingerprint density at radius 3 is 1.44 bits per heavy atom. The fourth-order valence-corrected chi connectivity index (χ4v) is 0.114. The van der Waals surface area contributed by atoms with Gasteiger partial charge in [-0.2, -0.15) is 22.0 Å². The van der Waals surface area contributed by atoms with Crippen molar-refractivity contribution in [2.75, 3.05) is 0 Å². The van der Waals surface area contributed by atoms with Crippen molar-refractivity contribution in [2.24, 2.45) is 0 Å². The van der Waals surface area contributed by atoms with Gasteiger partial charge in [0.2, 0.25) is 0 Å². The maximum atomic E-state index is 11.2. The van der Waals surface area contributed by atoms with Crippen LogP contribution in [0.4, 0.5) is 22.0 Å². The van der Waals surface area contributed by atoms with Crippen LogP contribution in [-0.4, -0.2) is 11.2 Å². The first-order valence-corrected chi connectivity index (χ1v) is 1.67. The van der Waals surface area contributed by atoms with Crippen LogP contribution in [0.3, 0.4) is 0 Å². The van der Waals surface area contributed by atoms with Gasteiger partial charge in [-0.3, -0.25) is 0 Å². The molecule has 0 aliphatic heterocycles. The van der Waals surface area contributed by atoms with Crippen LogP contribution < -0.4 is 0 Å². The van der Waals surface area contributed by atoms with E-state index >= 15 is 0 Å². The Kier molecular flexibility index (Phi) is 2.13. The lowest BCUT2D eigenvalue weighted by Gasteiger charge is -2.01. The largest absolute Gasteiger partial charge is 0.412 e. The topological polar surface area (TPSA) is 20.2 Å². The highest BCUT2D eigenvalue weighted by molar-refractivity contribution is 4.98. The van der Waals surface area contributed by atoms with Gasteiger partial charge < -0.3 is 5.11 Å². The zero-order valence-electron chi connectivity index (χ0n) is 3.84. The number of hydrogen-bond acceptors (Lipinski definition) is 1. The van der Waals surface area contributed by atoms with Gasteiger partial charge in [0.05, 0.1) is 0 Å². The zero-order valence-corrected chi connectivity index (χ0v) is 3.84. The van der Waals surface area contributed by atoms with E-state index in [1.54, 1.807) is 0 Å². The van der Waals surface area contributed by atoms with Crippen LogP contribution in [0.1, 0.15) is 0 Å². The van der Waals surface area contributed by atoms with Crippen LogP contribution in [0.15, 0.2) is 11.9 Å². The summed E-state index contributed by atoms with van der Waals surface area (Å²) in [6.07, 6.45) is -8.28. The van der Waals surface area contributed by atoms with Crippen LogP contribution in [0.2, 0.25) is 0 Å². The standard InChI is InChI=1S/C3HF5O/c4-1(2(5)6)3(7,8)9/h9H. The molecule has 0 rings (SSSR count). The molecule has 0 radical (unpaired) electrons. The monoisotopic (exact) mass is 148 g/mol. The average Bonchev–Trinajstić information content (AvgIpc) is 1.62. The summed E-state index contributed by atoms with van der Waals surface area (Å²) in [5.74, 6) is -3.11. The van der Waals surface area contributed by atoms with Gasteiger partial charge in [-0.25, -0.2) is 0 Å². The molecule has 0 unspecified atom stereocenters. The number of rotatable bonds is 1. The van der Waals surface area contributed by atoms with Crippen LogP contribution in [-0.2, 0) is 0 Å². The molecule has 0 saturated carbocycles. The number of hydrogen-bond donors (Lipinski definition) is 1. The summed E-state index contributed by atoms with van der Waals surface area (Å²) in [7, 11) is 0. The van der Waals surface area contributed by atoms with E-state index < -0.39 is 18.0 Å². The first-order valence-electron chi connectivity index (χ1n) is 1.67. The second kappa shape index (κ2) is 2.30. The van der Waals surface area contributed by atoms with Crippen molar-refractivity contribution in [3.05, 3.63) is 11.9 Å². The van der Waals surface area contributed by atoms with Crippen molar-refractivity contribution < 1.29 is 27.1 Å². The lowest BCUT2D eigenvalue weighted by atomic mass is 10.5. The molecular formula is C3HF5O. The maximum Gasteiger partial charge on any atom is 0.412 e. The van der Waals surface area contributed by atoms with Gasteiger partial charge in [0, 0.05) is 0 Å². The summed E-state index contributed by atoms with van der Waals surface area (Å²) in [5, 5.41) is 7.21. The lowest BCUT2D eigenvalue weighted by Crippen LogP contribution is -2.15. The lowest BCUT2D eigenvalue weighted by molar-refractivity contribution is -0.181. The van der Waals surface area contributed by atoms with E-state index in [0.717, 1.165) is 0 Å². The molecule has 0 aromatic carbocycles. The van der Waals surface area contributed by atoms with E-state index in [1.165, 1.54) is 0 Å². The highest BCUT2D eigenvalue weighted by Gasteiger charge is 2.35. The van der Waals surface area contributed by atoms with Gasteiger partial charge in [0.15, 0.2) is 0 Å². The molecule has 0 aromatic rings. The highest BCUT2D eigenvalue weighted by atomic mass is 19.3. The summed E-state index contributed by atoms with van der Waals surface area (Å²) in [4.78, 5) is 0. The molecule has 0 atom stereocenters. The van der Waals surface area contributed by atoms with Gasteiger partial charge in [-0.1, -0.05) is 0 Å². The Labute approximate surface area is 46.4 Å². The average molecular weight is 148 g/mol. The van der Waals surface area contributed by atoms with E-state index in [4.69, 9.17) is 5.11 Å². The Balaban J connectivity index is 4.40. The fourth-order valence-electron chi connectivity index (χ4n) is 0.114. The van der Waals surface area contributed by atoms with Gasteiger partial charge in [0.1, 0.15) is 0 Å². The molecule has 0 aliphatic rings. The predicted octanol–water partition coefficient (Wildman–Crippen LogP) is 1.65. The minimum absolute atomic E-state index is 3.11. The number of halogens is 5. The van der Waals surface area contributed by atoms with Crippen molar-refractivity contribution in [2.45, 2.75) is 6.11 Å². The van der Waals surface area contributed by atoms with Gasteiger partial charge in [0.25, 0.3) is 5.83 Å². The summed E-state index contributed by atoms with van der Waals surface area (Å²) in [6, 6.07) is 0. The molecule has 0 aromatic heterocycles. The van der Waals surface area contributed by atoms with Crippen LogP contribution in [0.5, 0.6) is 0 Å². The number of alkyl halides is 2. The smallest absolute Gasteiger partial charge is 0.330 e. The molecule has 0 amide bonds. The molecule has 0 spiro atoms. The summed E-state index contributed by atoms with van der Waals surface area (Å²) >= 11 is 0. The normalized spacial score (nSPS) is 11.3. The van der Waals surface area contributed by atoms with Crippen LogP contribution in [0, 0.1) is 0 Å². The van der Waals surface area contributed by atoms with Crippen LogP contribution in [0.25, 0.3) is 0 Å². The fraction of sp³-hybridized carbons (Fsp3) is 0.333. The van der Waals surface area contributed by atoms with E-state index in [2.05, 4.69) is 0 Å². The third kappa shape index (κ3) is 2.41.